The number of carbonyl (C=O) groups is 1. The number of aromatic carboxylic acids is 1. The van der Waals surface area contributed by atoms with E-state index in [0.717, 1.165) is 25.7 Å². The summed E-state index contributed by atoms with van der Waals surface area (Å²) in [6.07, 6.45) is 26.1. The van der Waals surface area contributed by atoms with E-state index >= 15 is 0 Å². The first-order chi connectivity index (χ1) is 20.8. The maximum atomic E-state index is 11.9. The second kappa shape index (κ2) is 21.0. The van der Waals surface area contributed by atoms with Crippen LogP contribution in [0.4, 0.5) is 0 Å². The maximum absolute atomic E-state index is 11.9. The summed E-state index contributed by atoms with van der Waals surface area (Å²) in [6.45, 7) is 3.44. The van der Waals surface area contributed by atoms with Crippen LogP contribution in [0, 0.1) is 0 Å². The zero-order valence-electron chi connectivity index (χ0n) is 25.9. The van der Waals surface area contributed by atoms with Crippen LogP contribution in [0.15, 0.2) is 52.0 Å². The van der Waals surface area contributed by atoms with Crippen LogP contribution < -0.4 is 4.74 Å². The molecule has 0 amide bonds. The average molecular weight is 621 g/mol. The quantitative estimate of drug-likeness (QED) is 0.104. The van der Waals surface area contributed by atoms with Gasteiger partial charge in [0.25, 0.3) is 0 Å². The summed E-state index contributed by atoms with van der Waals surface area (Å²) in [5, 5.41) is 26.6. The molecule has 1 aromatic carbocycles. The van der Waals surface area contributed by atoms with E-state index in [9.17, 15) is 18.3 Å². The monoisotopic (exact) mass is 620 g/mol. The molecule has 1 aromatic rings. The molecule has 0 spiro atoms. The second-order valence-corrected chi connectivity index (χ2v) is 13.1. The lowest BCUT2D eigenvalue weighted by molar-refractivity contribution is 0.0693. The van der Waals surface area contributed by atoms with Gasteiger partial charge in [-0.25, -0.2) is 13.2 Å². The number of hydrogen-bond donors (Lipinski definition) is 3. The first-order valence-corrected chi connectivity index (χ1v) is 17.6. The molecule has 3 N–H and O–H groups in total. The lowest BCUT2D eigenvalue weighted by atomic mass is 10.0. The van der Waals surface area contributed by atoms with Crippen LogP contribution in [-0.2, 0) is 14.6 Å². The molecular weight excluding hydrogens is 568 g/mol. The fourth-order valence-corrected chi connectivity index (χ4v) is 6.38. The van der Waals surface area contributed by atoms with Crippen molar-refractivity contribution in [3.05, 3.63) is 57.6 Å². The third kappa shape index (κ3) is 13.6. The van der Waals surface area contributed by atoms with Crippen molar-refractivity contribution in [1.29, 1.82) is 0 Å². The molecule has 0 aliphatic carbocycles. The van der Waals surface area contributed by atoms with Gasteiger partial charge in [-0.05, 0) is 49.6 Å². The molecule has 0 aromatic heterocycles. The van der Waals surface area contributed by atoms with Gasteiger partial charge in [0, 0.05) is 12.7 Å². The van der Waals surface area contributed by atoms with Crippen molar-refractivity contribution in [2.45, 2.75) is 116 Å². The van der Waals surface area contributed by atoms with E-state index in [-0.39, 0.29) is 11.3 Å². The number of carboxylic acids is 1. The van der Waals surface area contributed by atoms with Crippen molar-refractivity contribution in [3.63, 3.8) is 0 Å². The molecule has 8 nitrogen and oxygen atoms in total. The number of allylic oxidation sites excluding steroid dienone is 3. The Balaban J connectivity index is 0.000000385. The third-order valence-electron chi connectivity index (χ3n) is 7.50. The van der Waals surface area contributed by atoms with Crippen molar-refractivity contribution in [1.82, 2.24) is 0 Å². The molecule has 0 saturated carbocycles. The van der Waals surface area contributed by atoms with Gasteiger partial charge < -0.3 is 24.8 Å². The molecule has 0 radical (unpaired) electrons. The lowest BCUT2D eigenvalue weighted by Gasteiger charge is -2.07. The van der Waals surface area contributed by atoms with Crippen LogP contribution in [-0.4, -0.2) is 49.5 Å². The van der Waals surface area contributed by atoms with Gasteiger partial charge in [0.05, 0.1) is 18.1 Å². The number of aliphatic hydroxyl groups is 1. The number of carboxylic acid groups (broad SMARTS) is 1. The summed E-state index contributed by atoms with van der Waals surface area (Å²) in [7, 11) is -3.22. The van der Waals surface area contributed by atoms with Crippen LogP contribution in [0.5, 0.6) is 11.5 Å². The SMILES string of the molecule is CCCOc1ccc(O)c(C(=O)O)c1.O=S1(=O)C2=CC(OCCCCCCCCCCCCCCCCCCO)=C1C=C2. The Hall–Kier alpha value is -2.78. The fourth-order valence-electron chi connectivity index (χ4n) is 4.98. The van der Waals surface area contributed by atoms with Gasteiger partial charge in [0.15, 0.2) is 0 Å². The Morgan fingerprint density at radius 1 is 0.744 bits per heavy atom. The van der Waals surface area contributed by atoms with E-state index in [4.69, 9.17) is 19.7 Å². The first kappa shape index (κ1) is 36.4. The Morgan fingerprint density at radius 2 is 1.28 bits per heavy atom. The number of fused-ring (bicyclic) bond motifs is 2. The fraction of sp³-hybridized carbons (Fsp3) is 0.618. The normalized spacial score (nSPS) is 14.4. The number of phenols is 1. The smallest absolute Gasteiger partial charge is 0.339 e. The molecule has 0 unspecified atom stereocenters. The molecule has 0 atom stereocenters. The molecule has 2 heterocycles. The molecule has 3 rings (SSSR count). The van der Waals surface area contributed by atoms with Crippen molar-refractivity contribution in [2.75, 3.05) is 19.8 Å². The van der Waals surface area contributed by atoms with E-state index in [0.29, 0.717) is 41.1 Å². The zero-order valence-corrected chi connectivity index (χ0v) is 26.7. The van der Waals surface area contributed by atoms with Crippen LogP contribution in [0.3, 0.4) is 0 Å². The highest BCUT2D eigenvalue weighted by atomic mass is 32.2. The van der Waals surface area contributed by atoms with E-state index in [1.54, 1.807) is 18.2 Å². The topological polar surface area (TPSA) is 130 Å². The van der Waals surface area contributed by atoms with E-state index < -0.39 is 15.8 Å². The predicted molar refractivity (Wildman–Crippen MR) is 171 cm³/mol. The summed E-state index contributed by atoms with van der Waals surface area (Å²) < 4.78 is 34.6. The minimum absolute atomic E-state index is 0.140. The summed E-state index contributed by atoms with van der Waals surface area (Å²) >= 11 is 0. The van der Waals surface area contributed by atoms with Gasteiger partial charge in [0.2, 0.25) is 9.84 Å². The van der Waals surface area contributed by atoms with Gasteiger partial charge in [0.1, 0.15) is 27.7 Å². The van der Waals surface area contributed by atoms with E-state index in [2.05, 4.69) is 0 Å². The molecule has 242 valence electrons. The van der Waals surface area contributed by atoms with Crippen molar-refractivity contribution < 1.29 is 38.0 Å². The van der Waals surface area contributed by atoms with E-state index in [1.807, 2.05) is 6.92 Å². The Bertz CT molecular complexity index is 1170. The number of benzene rings is 1. The summed E-state index contributed by atoms with van der Waals surface area (Å²) in [6, 6.07) is 4.17. The minimum atomic E-state index is -3.22. The van der Waals surface area contributed by atoms with Crippen LogP contribution in [0.25, 0.3) is 0 Å². The summed E-state index contributed by atoms with van der Waals surface area (Å²) in [5.74, 6) is -0.419. The van der Waals surface area contributed by atoms with Crippen LogP contribution >= 0.6 is 0 Å². The summed E-state index contributed by atoms with van der Waals surface area (Å²) in [4.78, 5) is 11.3. The van der Waals surface area contributed by atoms with Crippen molar-refractivity contribution in [3.8, 4) is 11.5 Å². The molecule has 43 heavy (non-hydrogen) atoms. The number of unbranched alkanes of at least 4 members (excludes halogenated alkanes) is 15. The van der Waals surface area contributed by atoms with Gasteiger partial charge in [-0.2, -0.15) is 0 Å². The molecule has 0 saturated heterocycles. The Kier molecular flexibility index (Phi) is 17.8. The number of ether oxygens (including phenoxy) is 2. The predicted octanol–water partition coefficient (Wildman–Crippen LogP) is 8.21. The minimum Gasteiger partial charge on any atom is -0.507 e. The van der Waals surface area contributed by atoms with Crippen molar-refractivity contribution in [2.24, 2.45) is 0 Å². The first-order valence-electron chi connectivity index (χ1n) is 16.1. The van der Waals surface area contributed by atoms with Crippen LogP contribution in [0.2, 0.25) is 0 Å². The number of sulfone groups is 1. The summed E-state index contributed by atoms with van der Waals surface area (Å²) in [5.41, 5.74) is -0.140. The molecule has 0 fully saturated rings. The standard InChI is InChI=1S/C24H40O4S.C10H12O4/c25-19-15-13-11-9-7-5-3-1-2-4-6-8-10-12-14-16-20-28-23-21-22-17-18-24(23)29(22,26)27;1-2-5-14-7-3-4-9(11)8(6-7)10(12)13/h17-18,21,25H,1-16,19-20H2;3-4,6,11H,2,5H2,1H3,(H,12,13). The molecule has 2 aliphatic heterocycles. The molecule has 2 bridgehead atoms. The number of hydrogen-bond acceptors (Lipinski definition) is 7. The van der Waals surface area contributed by atoms with Gasteiger partial charge in [-0.1, -0.05) is 96.8 Å². The highest BCUT2D eigenvalue weighted by Crippen LogP contribution is 2.37. The Labute approximate surface area is 258 Å². The molecule has 2 aliphatic rings. The molecule has 9 heteroatoms. The van der Waals surface area contributed by atoms with Gasteiger partial charge >= 0.3 is 5.97 Å². The van der Waals surface area contributed by atoms with Gasteiger partial charge in [-0.3, -0.25) is 0 Å². The number of rotatable bonds is 23. The molecular formula is C34H52O8S. The Morgan fingerprint density at radius 3 is 1.72 bits per heavy atom. The lowest BCUT2D eigenvalue weighted by Crippen LogP contribution is -1.99. The largest absolute Gasteiger partial charge is 0.507 e. The number of aromatic hydroxyl groups is 1. The number of aliphatic hydroxyl groups excluding tert-OH is 1. The highest BCUT2D eigenvalue weighted by molar-refractivity contribution is 8.00. The average Bonchev–Trinajstić information content (AvgIpc) is 3.41. The third-order valence-corrected chi connectivity index (χ3v) is 9.29. The second-order valence-electron chi connectivity index (χ2n) is 11.2. The van der Waals surface area contributed by atoms with E-state index in [1.165, 1.54) is 102 Å². The van der Waals surface area contributed by atoms with Gasteiger partial charge in [-0.15, -0.1) is 0 Å². The highest BCUT2D eigenvalue weighted by Gasteiger charge is 2.35. The van der Waals surface area contributed by atoms with Crippen LogP contribution in [0.1, 0.15) is 126 Å². The zero-order chi connectivity index (χ0) is 31.3. The van der Waals surface area contributed by atoms with Crippen molar-refractivity contribution >= 4 is 15.8 Å². The maximum Gasteiger partial charge on any atom is 0.339 e.